The van der Waals surface area contributed by atoms with Crippen molar-refractivity contribution >= 4 is 5.78 Å². The van der Waals surface area contributed by atoms with Crippen molar-refractivity contribution in [3.63, 3.8) is 0 Å². The highest BCUT2D eigenvalue weighted by atomic mass is 19.1. The van der Waals surface area contributed by atoms with Gasteiger partial charge in [0.15, 0.2) is 5.78 Å². The summed E-state index contributed by atoms with van der Waals surface area (Å²) < 4.78 is 13.4. The van der Waals surface area contributed by atoms with E-state index in [1.165, 1.54) is 20.8 Å². The molecule has 15 heavy (non-hydrogen) atoms. The first kappa shape index (κ1) is 13.8. The molecule has 0 amide bonds. The molecule has 0 unspecified atom stereocenters. The van der Waals surface area contributed by atoms with Crippen molar-refractivity contribution in [1.82, 2.24) is 0 Å². The lowest BCUT2D eigenvalue weighted by atomic mass is 9.98. The number of alkyl halides is 1. The highest BCUT2D eigenvalue weighted by Gasteiger charge is 2.18. The van der Waals surface area contributed by atoms with Crippen LogP contribution in [0.25, 0.3) is 0 Å². The Hall–Kier alpha value is -1.18. The van der Waals surface area contributed by atoms with Crippen LogP contribution in [0.4, 0.5) is 4.39 Å². The van der Waals surface area contributed by atoms with Crippen molar-refractivity contribution in [3.05, 3.63) is 35.4 Å². The summed E-state index contributed by atoms with van der Waals surface area (Å²) in [6, 6.07) is 6.60. The van der Waals surface area contributed by atoms with E-state index in [0.29, 0.717) is 11.1 Å². The van der Waals surface area contributed by atoms with Gasteiger partial charge in [0.1, 0.15) is 5.67 Å². The molecule has 1 aromatic rings. The third-order valence-electron chi connectivity index (χ3n) is 1.98. The van der Waals surface area contributed by atoms with Gasteiger partial charge >= 0.3 is 0 Å². The molecule has 0 radical (unpaired) electrons. The molecular weight excluding hydrogens is 191 g/mol. The average Bonchev–Trinajstić information content (AvgIpc) is 2.20. The third kappa shape index (κ3) is 4.24. The Bertz CT molecular complexity index is 306. The van der Waals surface area contributed by atoms with Crippen LogP contribution in [0.3, 0.4) is 0 Å². The van der Waals surface area contributed by atoms with Gasteiger partial charge in [0, 0.05) is 5.56 Å². The van der Waals surface area contributed by atoms with Crippen LogP contribution >= 0.6 is 0 Å². The van der Waals surface area contributed by atoms with Crippen LogP contribution in [0.5, 0.6) is 0 Å². The fourth-order valence-corrected chi connectivity index (χ4v) is 1.10. The van der Waals surface area contributed by atoms with Crippen LogP contribution in [-0.4, -0.2) is 5.78 Å². The Morgan fingerprint density at radius 2 is 1.53 bits per heavy atom. The minimum atomic E-state index is -1.34. The maximum absolute atomic E-state index is 13.4. The molecular formula is C13H19FO. The zero-order valence-electron chi connectivity index (χ0n) is 10.1. The number of hydrogen-bond acceptors (Lipinski definition) is 1. The lowest BCUT2D eigenvalue weighted by Crippen LogP contribution is -2.08. The highest BCUT2D eigenvalue weighted by Crippen LogP contribution is 2.24. The minimum absolute atomic E-state index is 0.00298. The van der Waals surface area contributed by atoms with Crippen LogP contribution in [0, 0.1) is 0 Å². The van der Waals surface area contributed by atoms with Gasteiger partial charge in [-0.2, -0.15) is 0 Å². The Balaban J connectivity index is 0.000000921. The monoisotopic (exact) mass is 210 g/mol. The van der Waals surface area contributed by atoms with E-state index in [9.17, 15) is 9.18 Å². The first-order valence-corrected chi connectivity index (χ1v) is 5.21. The third-order valence-corrected chi connectivity index (χ3v) is 1.98. The van der Waals surface area contributed by atoms with Gasteiger partial charge in [-0.05, 0) is 26.3 Å². The fraction of sp³-hybridized carbons (Fsp3) is 0.462. The van der Waals surface area contributed by atoms with E-state index in [0.717, 1.165) is 0 Å². The number of hydrogen-bond donors (Lipinski definition) is 0. The summed E-state index contributed by atoms with van der Waals surface area (Å²) in [6.07, 6.45) is 0. The number of carbonyl (C=O) groups excluding carboxylic acids is 1. The molecule has 1 rings (SSSR count). The predicted molar refractivity (Wildman–Crippen MR) is 61.9 cm³/mol. The molecule has 0 heterocycles. The molecule has 2 heteroatoms. The number of carbonyl (C=O) groups is 1. The average molecular weight is 210 g/mol. The lowest BCUT2D eigenvalue weighted by molar-refractivity contribution is 0.101. The molecule has 0 atom stereocenters. The highest BCUT2D eigenvalue weighted by molar-refractivity contribution is 5.94. The van der Waals surface area contributed by atoms with Gasteiger partial charge in [0.25, 0.3) is 0 Å². The first-order valence-electron chi connectivity index (χ1n) is 5.21. The fourth-order valence-electron chi connectivity index (χ4n) is 1.10. The van der Waals surface area contributed by atoms with Gasteiger partial charge < -0.3 is 0 Å². The Morgan fingerprint density at radius 3 is 1.80 bits per heavy atom. The normalized spacial score (nSPS) is 10.3. The molecule has 1 aromatic carbocycles. The molecule has 0 saturated carbocycles. The topological polar surface area (TPSA) is 17.1 Å². The van der Waals surface area contributed by atoms with E-state index < -0.39 is 5.67 Å². The van der Waals surface area contributed by atoms with Crippen molar-refractivity contribution in [2.24, 2.45) is 0 Å². The van der Waals surface area contributed by atoms with Crippen molar-refractivity contribution in [2.75, 3.05) is 0 Å². The maximum Gasteiger partial charge on any atom is 0.159 e. The van der Waals surface area contributed by atoms with Gasteiger partial charge in [0.05, 0.1) is 0 Å². The molecule has 0 aliphatic heterocycles. The summed E-state index contributed by atoms with van der Waals surface area (Å²) in [6.45, 7) is 8.49. The summed E-state index contributed by atoms with van der Waals surface area (Å²) in [5, 5.41) is 0. The van der Waals surface area contributed by atoms with Crippen molar-refractivity contribution in [2.45, 2.75) is 40.3 Å². The standard InChI is InChI=1S/C11H13FO.C2H6/c1-8(13)9-4-6-10(7-5-9)11(2,3)12;1-2/h4-7H,1-3H3;1-2H3. The second-order valence-electron chi connectivity index (χ2n) is 3.61. The molecule has 0 N–H and O–H groups in total. The lowest BCUT2D eigenvalue weighted by Gasteiger charge is -2.14. The second-order valence-corrected chi connectivity index (χ2v) is 3.61. The first-order chi connectivity index (χ1) is 6.91. The quantitative estimate of drug-likeness (QED) is 0.671. The number of benzene rings is 1. The number of rotatable bonds is 2. The summed E-state index contributed by atoms with van der Waals surface area (Å²) in [5.41, 5.74) is -0.125. The summed E-state index contributed by atoms with van der Waals surface area (Å²) in [5.74, 6) is 0.00298. The Labute approximate surface area is 91.3 Å². The number of Topliss-reactive ketones (excluding diaryl/α,β-unsaturated/α-hetero) is 1. The Kier molecular flexibility index (Phi) is 5.20. The summed E-state index contributed by atoms with van der Waals surface area (Å²) >= 11 is 0. The van der Waals surface area contributed by atoms with Crippen LogP contribution in [0.15, 0.2) is 24.3 Å². The largest absolute Gasteiger partial charge is 0.295 e. The molecule has 0 saturated heterocycles. The molecule has 0 fully saturated rings. The molecule has 0 spiro atoms. The maximum atomic E-state index is 13.4. The molecule has 0 aliphatic carbocycles. The molecule has 0 bridgehead atoms. The number of ketones is 1. The smallest absolute Gasteiger partial charge is 0.159 e. The second kappa shape index (κ2) is 5.64. The SMILES string of the molecule is CC.CC(=O)c1ccc(C(C)(C)F)cc1. The van der Waals surface area contributed by atoms with E-state index >= 15 is 0 Å². The van der Waals surface area contributed by atoms with Crippen molar-refractivity contribution < 1.29 is 9.18 Å². The van der Waals surface area contributed by atoms with E-state index in [2.05, 4.69) is 0 Å². The van der Waals surface area contributed by atoms with Crippen LogP contribution in [0.1, 0.15) is 50.5 Å². The predicted octanol–water partition coefficient (Wildman–Crippen LogP) is 4.12. The van der Waals surface area contributed by atoms with E-state index in [1.54, 1.807) is 24.3 Å². The summed E-state index contributed by atoms with van der Waals surface area (Å²) in [4.78, 5) is 10.9. The van der Waals surface area contributed by atoms with E-state index in [-0.39, 0.29) is 5.78 Å². The van der Waals surface area contributed by atoms with Crippen LogP contribution in [0.2, 0.25) is 0 Å². The molecule has 0 aliphatic rings. The minimum Gasteiger partial charge on any atom is -0.295 e. The van der Waals surface area contributed by atoms with Crippen LogP contribution in [-0.2, 0) is 5.67 Å². The van der Waals surface area contributed by atoms with Crippen molar-refractivity contribution in [3.8, 4) is 0 Å². The molecule has 0 aromatic heterocycles. The van der Waals surface area contributed by atoms with Gasteiger partial charge in [-0.25, -0.2) is 4.39 Å². The zero-order valence-corrected chi connectivity index (χ0v) is 10.1. The van der Waals surface area contributed by atoms with Crippen LogP contribution < -0.4 is 0 Å². The van der Waals surface area contributed by atoms with E-state index in [1.807, 2.05) is 13.8 Å². The number of halogens is 1. The van der Waals surface area contributed by atoms with Gasteiger partial charge in [0.2, 0.25) is 0 Å². The Morgan fingerprint density at radius 1 is 1.13 bits per heavy atom. The summed E-state index contributed by atoms with van der Waals surface area (Å²) in [7, 11) is 0. The van der Waals surface area contributed by atoms with E-state index in [4.69, 9.17) is 0 Å². The molecule has 84 valence electrons. The van der Waals surface area contributed by atoms with Gasteiger partial charge in [-0.3, -0.25) is 4.79 Å². The zero-order chi connectivity index (χ0) is 12.1. The van der Waals surface area contributed by atoms with Crippen molar-refractivity contribution in [1.29, 1.82) is 0 Å². The van der Waals surface area contributed by atoms with Gasteiger partial charge in [-0.15, -0.1) is 0 Å². The van der Waals surface area contributed by atoms with Gasteiger partial charge in [-0.1, -0.05) is 38.1 Å². The molecule has 1 nitrogen and oxygen atoms in total.